The zero-order valence-electron chi connectivity index (χ0n) is 30.2. The summed E-state index contributed by atoms with van der Waals surface area (Å²) in [7, 11) is 2.51. The fraction of sp³-hybridized carbons (Fsp3) is 0.571. The first-order chi connectivity index (χ1) is 27.1. The van der Waals surface area contributed by atoms with Gasteiger partial charge in [0, 0.05) is 24.3 Å². The first-order valence-corrected chi connectivity index (χ1v) is 17.5. The predicted molar refractivity (Wildman–Crippen MR) is 184 cm³/mol. The third-order valence-corrected chi connectivity index (χ3v) is 9.84. The number of aliphatic hydroxyl groups excluding tert-OH is 11. The highest BCUT2D eigenvalue weighted by atomic mass is 16.8. The lowest BCUT2D eigenvalue weighted by Crippen LogP contribution is -2.65. The molecule has 2 aromatic carbocycles. The Morgan fingerprint density at radius 1 is 0.544 bits per heavy atom. The van der Waals surface area contributed by atoms with Crippen molar-refractivity contribution in [2.75, 3.05) is 34.0 Å². The highest BCUT2D eigenvalue weighted by Crippen LogP contribution is 2.46. The van der Waals surface area contributed by atoms with E-state index in [9.17, 15) is 66.4 Å². The van der Waals surface area contributed by atoms with Crippen molar-refractivity contribution in [1.29, 1.82) is 0 Å². The minimum atomic E-state index is -1.97. The van der Waals surface area contributed by atoms with Gasteiger partial charge < -0.3 is 104 Å². The number of hydrogen-bond acceptors (Lipinski definition) is 21. The molecular formula is C35H45O22+. The van der Waals surface area contributed by atoms with E-state index in [0.717, 1.165) is 12.1 Å². The molecular weight excluding hydrogens is 772 g/mol. The van der Waals surface area contributed by atoms with Crippen LogP contribution in [0.1, 0.15) is 0 Å². The lowest BCUT2D eigenvalue weighted by Gasteiger charge is -2.45. The monoisotopic (exact) mass is 817 g/mol. The van der Waals surface area contributed by atoms with Crippen molar-refractivity contribution in [3.05, 3.63) is 30.3 Å². The first-order valence-electron chi connectivity index (χ1n) is 17.5. The number of aliphatic hydroxyl groups is 11. The molecule has 316 valence electrons. The van der Waals surface area contributed by atoms with E-state index in [1.165, 1.54) is 32.4 Å². The molecule has 3 aliphatic heterocycles. The van der Waals surface area contributed by atoms with Crippen LogP contribution in [0.2, 0.25) is 0 Å². The van der Waals surface area contributed by atoms with E-state index in [1.54, 1.807) is 0 Å². The molecule has 15 atom stereocenters. The van der Waals surface area contributed by atoms with Gasteiger partial charge >= 0.3 is 11.3 Å². The Morgan fingerprint density at radius 3 is 1.58 bits per heavy atom. The summed E-state index contributed by atoms with van der Waals surface area (Å²) in [6.07, 6.45) is -26.5. The fourth-order valence-electron chi connectivity index (χ4n) is 6.63. The fourth-order valence-corrected chi connectivity index (χ4v) is 6.63. The smallest absolute Gasteiger partial charge is 0.402 e. The van der Waals surface area contributed by atoms with Gasteiger partial charge in [0.1, 0.15) is 84.0 Å². The largest absolute Gasteiger partial charge is 0.507 e. The Balaban J connectivity index is 1.48. The van der Waals surface area contributed by atoms with Crippen LogP contribution in [0.25, 0.3) is 22.3 Å². The van der Waals surface area contributed by atoms with E-state index in [1.807, 2.05) is 0 Å². The van der Waals surface area contributed by atoms with E-state index in [0.29, 0.717) is 0 Å². The number of hydrogen-bond donors (Lipinski definition) is 13. The van der Waals surface area contributed by atoms with E-state index in [2.05, 4.69) is 0 Å². The lowest BCUT2D eigenvalue weighted by molar-refractivity contribution is -0.357. The number of benzene rings is 2. The first kappa shape index (κ1) is 42.7. The summed E-state index contributed by atoms with van der Waals surface area (Å²) in [5.74, 6) is -1.88. The van der Waals surface area contributed by atoms with Gasteiger partial charge in [-0.25, -0.2) is 4.42 Å². The van der Waals surface area contributed by atoms with Crippen LogP contribution in [0.5, 0.6) is 34.5 Å². The predicted octanol–water partition coefficient (Wildman–Crippen LogP) is -4.01. The van der Waals surface area contributed by atoms with Crippen LogP contribution >= 0.6 is 0 Å². The maximum atomic E-state index is 11.3. The number of methoxy groups -OCH3 is 2. The number of phenols is 2. The quantitative estimate of drug-likeness (QED) is 0.0774. The molecule has 0 amide bonds. The van der Waals surface area contributed by atoms with Crippen molar-refractivity contribution in [2.24, 2.45) is 0 Å². The summed E-state index contributed by atoms with van der Waals surface area (Å²) in [5, 5.41) is 135. The lowest BCUT2D eigenvalue weighted by atomic mass is 9.97. The van der Waals surface area contributed by atoms with Crippen LogP contribution in [0.3, 0.4) is 0 Å². The zero-order valence-corrected chi connectivity index (χ0v) is 30.2. The summed E-state index contributed by atoms with van der Waals surface area (Å²) < 4.78 is 51.5. The van der Waals surface area contributed by atoms with Crippen molar-refractivity contribution in [3.8, 4) is 45.8 Å². The van der Waals surface area contributed by atoms with Gasteiger partial charge in [-0.1, -0.05) is 0 Å². The molecule has 0 aliphatic carbocycles. The molecule has 22 heteroatoms. The Kier molecular flexibility index (Phi) is 13.1. The molecule has 0 spiro atoms. The van der Waals surface area contributed by atoms with Gasteiger partial charge in [-0.2, -0.15) is 0 Å². The highest BCUT2D eigenvalue weighted by molar-refractivity contribution is 5.89. The average Bonchev–Trinajstić information content (AvgIpc) is 3.20. The van der Waals surface area contributed by atoms with Gasteiger partial charge in [0.2, 0.25) is 24.1 Å². The zero-order chi connectivity index (χ0) is 41.5. The standard InChI is InChI=1S/C35H44O22/c1-49-16-3-11(4-17(50-2)22(16)40)31-18(7-13-14(51-31)5-12(39)6-15(13)52-33-29(47)26(44)23(41)19(8-36)54-33)53-35-32(28(46)25(43)21(10-38)56-35)57-34-30(48)27(45)24(42)20(9-37)55-34/h3-7,19-21,23-30,32-38,41-48H,8-10H2,1-2H3,(H-,39,40)/p+1. The third-order valence-electron chi connectivity index (χ3n) is 9.84. The summed E-state index contributed by atoms with van der Waals surface area (Å²) in [4.78, 5) is 0. The van der Waals surface area contributed by atoms with Gasteiger partial charge in [0.05, 0.1) is 45.7 Å². The van der Waals surface area contributed by atoms with Crippen LogP contribution in [0.4, 0.5) is 0 Å². The number of fused-ring (bicyclic) bond motifs is 1. The van der Waals surface area contributed by atoms with Crippen molar-refractivity contribution >= 4 is 11.0 Å². The van der Waals surface area contributed by atoms with E-state index < -0.39 is 123 Å². The molecule has 1 aromatic heterocycles. The molecule has 0 bridgehead atoms. The SMILES string of the molecule is COc1cc(-c2[o+]c3cc(O)cc(OC4OC(CO)C(O)C(O)C4O)c3cc2OC2OC(CO)C(O)C(O)C2OC2OC(CO)C(O)C(O)C2O)cc(OC)c1O. The van der Waals surface area contributed by atoms with Crippen LogP contribution < -0.4 is 18.9 Å². The highest BCUT2D eigenvalue weighted by Gasteiger charge is 2.52. The number of ether oxygens (including phenoxy) is 8. The van der Waals surface area contributed by atoms with Gasteiger partial charge in [-0.15, -0.1) is 0 Å². The van der Waals surface area contributed by atoms with Gasteiger partial charge in [-0.3, -0.25) is 0 Å². The van der Waals surface area contributed by atoms with E-state index >= 15 is 0 Å². The van der Waals surface area contributed by atoms with Gasteiger partial charge in [0.15, 0.2) is 23.9 Å². The van der Waals surface area contributed by atoms with Gasteiger partial charge in [-0.05, 0) is 0 Å². The van der Waals surface area contributed by atoms with Crippen molar-refractivity contribution in [3.63, 3.8) is 0 Å². The number of aromatic hydroxyl groups is 2. The van der Waals surface area contributed by atoms with Crippen LogP contribution in [-0.4, -0.2) is 193 Å². The average molecular weight is 818 g/mol. The molecule has 6 rings (SSSR count). The van der Waals surface area contributed by atoms with Crippen molar-refractivity contribution in [2.45, 2.75) is 92.1 Å². The van der Waals surface area contributed by atoms with Gasteiger partial charge in [0.25, 0.3) is 0 Å². The maximum absolute atomic E-state index is 11.3. The Hall–Kier alpha value is -3.95. The van der Waals surface area contributed by atoms with E-state index in [4.69, 9.17) is 42.3 Å². The summed E-state index contributed by atoms with van der Waals surface area (Å²) >= 11 is 0. The second kappa shape index (κ2) is 17.5. The molecule has 57 heavy (non-hydrogen) atoms. The molecule has 3 fully saturated rings. The minimum absolute atomic E-state index is 0.0391. The van der Waals surface area contributed by atoms with Crippen LogP contribution in [-0.2, 0) is 18.9 Å². The van der Waals surface area contributed by atoms with Crippen LogP contribution in [0.15, 0.2) is 34.7 Å². The molecule has 3 aliphatic rings. The summed E-state index contributed by atoms with van der Waals surface area (Å²) in [5.41, 5.74) is -0.0510. The number of rotatable bonds is 12. The molecule has 4 heterocycles. The Labute approximate surface area is 321 Å². The number of phenolic OH excluding ortho intramolecular Hbond substituents is 2. The topological polar surface area (TPSA) is 348 Å². The summed E-state index contributed by atoms with van der Waals surface area (Å²) in [6.45, 7) is -2.46. The molecule has 13 N–H and O–H groups in total. The Bertz CT molecular complexity index is 1820. The minimum Gasteiger partial charge on any atom is -0.507 e. The molecule has 3 aromatic rings. The Morgan fingerprint density at radius 2 is 1.04 bits per heavy atom. The summed E-state index contributed by atoms with van der Waals surface area (Å²) in [6, 6.07) is 6.09. The van der Waals surface area contributed by atoms with Crippen LogP contribution in [0, 0.1) is 0 Å². The third kappa shape index (κ3) is 8.21. The maximum Gasteiger partial charge on any atom is 0.402 e. The van der Waals surface area contributed by atoms with Crippen molar-refractivity contribution in [1.82, 2.24) is 0 Å². The van der Waals surface area contributed by atoms with Crippen molar-refractivity contribution < 1.29 is 109 Å². The molecule has 15 unspecified atom stereocenters. The molecule has 0 radical (unpaired) electrons. The normalized spacial score (nSPS) is 35.8. The molecule has 0 saturated carbocycles. The second-order valence-corrected chi connectivity index (χ2v) is 13.5. The second-order valence-electron chi connectivity index (χ2n) is 13.5. The molecule has 22 nitrogen and oxygen atoms in total. The molecule has 3 saturated heterocycles. The van der Waals surface area contributed by atoms with E-state index in [-0.39, 0.29) is 45.3 Å².